The molecule has 0 saturated heterocycles. The van der Waals surface area contributed by atoms with Gasteiger partial charge in [0.15, 0.2) is 0 Å². The van der Waals surface area contributed by atoms with E-state index in [2.05, 4.69) is 19.9 Å². The molecule has 0 radical (unpaired) electrons. The lowest BCUT2D eigenvalue weighted by Crippen LogP contribution is -2.09. The Bertz CT molecular complexity index is 2450. The maximum atomic E-state index is 13.4. The van der Waals surface area contributed by atoms with Crippen molar-refractivity contribution in [2.75, 3.05) is 0 Å². The van der Waals surface area contributed by atoms with Gasteiger partial charge in [-0.15, -0.1) is 0 Å². The van der Waals surface area contributed by atoms with E-state index in [-0.39, 0.29) is 17.0 Å². The Labute approximate surface area is 245 Å². The fraction of sp³-hybridized carbons (Fsp3) is 0.0714. The number of sulfone groups is 1. The molecule has 4 N–H and O–H groups in total. The molecule has 0 aliphatic heterocycles. The van der Waals surface area contributed by atoms with Gasteiger partial charge in [0.05, 0.1) is 36.8 Å². The number of aromatic amines is 2. The Hall–Kier alpha value is -4.41. The Morgan fingerprint density at radius 1 is 0.605 bits per heavy atom. The summed E-state index contributed by atoms with van der Waals surface area (Å²) in [6, 6.07) is 17.4. The van der Waals surface area contributed by atoms with Crippen LogP contribution in [0.25, 0.3) is 44.6 Å². The largest absolute Gasteiger partial charge is 0.342 e. The second-order valence-electron chi connectivity index (χ2n) is 9.91. The molecule has 4 aromatic carbocycles. The fourth-order valence-corrected chi connectivity index (χ4v) is 7.81. The van der Waals surface area contributed by atoms with Gasteiger partial charge in [0, 0.05) is 5.56 Å². The molecule has 0 saturated carbocycles. The van der Waals surface area contributed by atoms with E-state index >= 15 is 0 Å². The van der Waals surface area contributed by atoms with Crippen LogP contribution in [0.15, 0.2) is 92.4 Å². The van der Waals surface area contributed by atoms with Crippen molar-refractivity contribution in [3.8, 4) is 22.5 Å². The summed E-state index contributed by atoms with van der Waals surface area (Å²) >= 11 is 0. The molecule has 0 aliphatic rings. The molecule has 0 amide bonds. The molecule has 0 atom stereocenters. The van der Waals surface area contributed by atoms with Crippen LogP contribution in [-0.4, -0.2) is 54.3 Å². The van der Waals surface area contributed by atoms with Gasteiger partial charge in [-0.05, 0) is 85.1 Å². The van der Waals surface area contributed by atoms with Crippen LogP contribution < -0.4 is 0 Å². The summed E-state index contributed by atoms with van der Waals surface area (Å²) in [5.41, 5.74) is 4.52. The number of rotatable bonds is 6. The Balaban J connectivity index is 1.43. The van der Waals surface area contributed by atoms with Gasteiger partial charge in [-0.3, -0.25) is 9.11 Å². The quantitative estimate of drug-likeness (QED) is 0.185. The number of nitrogens with zero attached hydrogens (tertiary/aromatic N) is 2. The molecule has 2 heterocycles. The third-order valence-corrected chi connectivity index (χ3v) is 10.6. The Morgan fingerprint density at radius 3 is 1.74 bits per heavy atom. The van der Waals surface area contributed by atoms with E-state index in [1.165, 1.54) is 19.1 Å². The molecule has 12 nitrogen and oxygen atoms in total. The van der Waals surface area contributed by atoms with Gasteiger partial charge < -0.3 is 9.97 Å². The van der Waals surface area contributed by atoms with E-state index in [1.807, 2.05) is 37.3 Å². The van der Waals surface area contributed by atoms with E-state index in [0.29, 0.717) is 11.0 Å². The minimum Gasteiger partial charge on any atom is -0.342 e. The van der Waals surface area contributed by atoms with Gasteiger partial charge in [-0.25, -0.2) is 18.4 Å². The number of nitrogens with one attached hydrogen (secondary N) is 2. The van der Waals surface area contributed by atoms with Crippen molar-refractivity contribution in [2.45, 2.75) is 33.4 Å². The van der Waals surface area contributed by atoms with Gasteiger partial charge in [0.1, 0.15) is 16.5 Å². The molecular weight excluding hydrogens is 617 g/mol. The predicted octanol–water partition coefficient (Wildman–Crippen LogP) is 4.72. The van der Waals surface area contributed by atoms with Gasteiger partial charge in [-0.2, -0.15) is 16.8 Å². The third kappa shape index (κ3) is 5.21. The second kappa shape index (κ2) is 9.82. The number of fused-ring (bicyclic) bond motifs is 2. The minimum atomic E-state index is -4.96. The zero-order valence-corrected chi connectivity index (χ0v) is 24.8. The molecule has 0 fully saturated rings. The lowest BCUT2D eigenvalue weighted by Gasteiger charge is -2.11. The van der Waals surface area contributed by atoms with Gasteiger partial charge >= 0.3 is 0 Å². The van der Waals surface area contributed by atoms with Crippen LogP contribution in [0.1, 0.15) is 11.4 Å². The molecule has 220 valence electrons. The molecule has 0 spiro atoms. The molecule has 0 bridgehead atoms. The number of hydrogen-bond donors (Lipinski definition) is 4. The molecule has 2 aromatic heterocycles. The minimum absolute atomic E-state index is 0.0624. The highest BCUT2D eigenvalue weighted by atomic mass is 32.2. The first-order valence-corrected chi connectivity index (χ1v) is 16.9. The zero-order valence-electron chi connectivity index (χ0n) is 22.4. The number of hydrogen-bond acceptors (Lipinski definition) is 8. The van der Waals surface area contributed by atoms with Gasteiger partial charge in [-0.1, -0.05) is 18.2 Å². The molecule has 6 aromatic rings. The van der Waals surface area contributed by atoms with Crippen LogP contribution in [0, 0.1) is 13.8 Å². The lowest BCUT2D eigenvalue weighted by molar-refractivity contribution is 0.480. The van der Waals surface area contributed by atoms with E-state index in [9.17, 15) is 34.4 Å². The Kier molecular flexibility index (Phi) is 6.55. The first kappa shape index (κ1) is 28.7. The zero-order chi connectivity index (χ0) is 30.9. The van der Waals surface area contributed by atoms with Crippen molar-refractivity contribution in [3.63, 3.8) is 0 Å². The second-order valence-corrected chi connectivity index (χ2v) is 14.6. The Morgan fingerprint density at radius 2 is 1.14 bits per heavy atom. The summed E-state index contributed by atoms with van der Waals surface area (Å²) in [6.07, 6.45) is 0. The fourth-order valence-electron chi connectivity index (χ4n) is 4.87. The van der Waals surface area contributed by atoms with Crippen LogP contribution in [0.4, 0.5) is 0 Å². The van der Waals surface area contributed by atoms with Gasteiger partial charge in [0.2, 0.25) is 9.84 Å². The van der Waals surface area contributed by atoms with Crippen molar-refractivity contribution < 1.29 is 34.4 Å². The highest BCUT2D eigenvalue weighted by molar-refractivity contribution is 7.91. The lowest BCUT2D eigenvalue weighted by atomic mass is 10.0. The first-order chi connectivity index (χ1) is 20.1. The summed E-state index contributed by atoms with van der Waals surface area (Å²) in [5.74, 6) is 0.850. The van der Waals surface area contributed by atoms with E-state index in [1.54, 1.807) is 6.07 Å². The van der Waals surface area contributed by atoms with Crippen molar-refractivity contribution in [1.82, 2.24) is 19.9 Å². The molecular formula is C28H22N4O8S3. The number of aromatic nitrogens is 4. The molecule has 43 heavy (non-hydrogen) atoms. The summed E-state index contributed by atoms with van der Waals surface area (Å²) < 4.78 is 94.6. The molecule has 6 rings (SSSR count). The average molecular weight is 639 g/mol. The van der Waals surface area contributed by atoms with Crippen molar-refractivity contribution in [3.05, 3.63) is 84.2 Å². The van der Waals surface area contributed by atoms with E-state index < -0.39 is 49.7 Å². The van der Waals surface area contributed by atoms with E-state index in [0.717, 1.165) is 52.3 Å². The van der Waals surface area contributed by atoms with Crippen LogP contribution in [0.5, 0.6) is 0 Å². The summed E-state index contributed by atoms with van der Waals surface area (Å²) in [5, 5.41) is 0. The standard InChI is InChI=1S/C28H22N4O8S3/c1-15-3-6-19(13-26(15)42(35,36)37)41(33,34)20-7-8-21(27(14-20)43(38,39)40)28-31-23-10-5-18(12-25(23)32-28)17-4-9-22-24(11-17)30-16(2)29-22/h3-14H,1-2H3,(H,29,30)(H,31,32)(H,35,36,37)(H,38,39,40). The normalized spacial score (nSPS) is 12.7. The SMILES string of the molecule is Cc1nc2ccc(-c3ccc4nc(-c5ccc(S(=O)(=O)c6ccc(C)c(S(=O)(=O)O)c6)cc5S(=O)(=O)O)[nH]c4c3)cc2[nH]1. The monoisotopic (exact) mass is 638 g/mol. The van der Waals surface area contributed by atoms with E-state index in [4.69, 9.17) is 0 Å². The first-order valence-electron chi connectivity index (χ1n) is 12.5. The average Bonchev–Trinajstić information content (AvgIpc) is 3.53. The number of H-pyrrole nitrogens is 2. The molecule has 0 aliphatic carbocycles. The topological polar surface area (TPSA) is 200 Å². The molecule has 0 unspecified atom stereocenters. The summed E-state index contributed by atoms with van der Waals surface area (Å²) in [7, 11) is -14.2. The molecule has 15 heteroatoms. The van der Waals surface area contributed by atoms with Crippen LogP contribution in [-0.2, 0) is 30.1 Å². The predicted molar refractivity (Wildman–Crippen MR) is 158 cm³/mol. The summed E-state index contributed by atoms with van der Waals surface area (Å²) in [6.45, 7) is 3.24. The maximum Gasteiger partial charge on any atom is 0.295 e. The smallest absolute Gasteiger partial charge is 0.295 e. The van der Waals surface area contributed by atoms with Crippen molar-refractivity contribution >= 4 is 52.1 Å². The number of aryl methyl sites for hydroxylation is 2. The van der Waals surface area contributed by atoms with Gasteiger partial charge in [0.25, 0.3) is 20.2 Å². The highest BCUT2D eigenvalue weighted by Crippen LogP contribution is 2.33. The maximum absolute atomic E-state index is 13.4. The summed E-state index contributed by atoms with van der Waals surface area (Å²) in [4.78, 5) is 12.7. The highest BCUT2D eigenvalue weighted by Gasteiger charge is 2.27. The number of imidazole rings is 2. The van der Waals surface area contributed by atoms with Crippen molar-refractivity contribution in [1.29, 1.82) is 0 Å². The van der Waals surface area contributed by atoms with Crippen molar-refractivity contribution in [2.24, 2.45) is 0 Å². The van der Waals surface area contributed by atoms with Crippen LogP contribution in [0.2, 0.25) is 0 Å². The number of benzene rings is 4. The third-order valence-electron chi connectivity index (χ3n) is 6.96. The van der Waals surface area contributed by atoms with Crippen LogP contribution >= 0.6 is 0 Å². The van der Waals surface area contributed by atoms with Crippen LogP contribution in [0.3, 0.4) is 0 Å².